The van der Waals surface area contributed by atoms with E-state index in [1.807, 2.05) is 0 Å². The third-order valence-corrected chi connectivity index (χ3v) is 3.53. The molecule has 0 aliphatic heterocycles. The van der Waals surface area contributed by atoms with Gasteiger partial charge in [0.25, 0.3) is 5.91 Å². The molecule has 1 amide bonds. The molecule has 130 valence electrons. The topological polar surface area (TPSA) is 69.0 Å². The maximum atomic E-state index is 13.7. The Morgan fingerprint density at radius 2 is 2.08 bits per heavy atom. The Labute approximate surface area is 140 Å². The van der Waals surface area contributed by atoms with Crippen LogP contribution in [0.4, 0.5) is 18.9 Å². The molecule has 0 fully saturated rings. The van der Waals surface area contributed by atoms with Gasteiger partial charge in [0.15, 0.2) is 17.2 Å². The standard InChI is InChI=1S/C16H13F3N4O2/c1-8-11-5-9(7-20-14(11)23(2)22-8)15(24)21-10-3-4-13(12(17)6-10)25-16(18)19/h3-7,16H,1-2H3,(H,21,24). The SMILES string of the molecule is Cc1nn(C)c2ncc(C(=O)Nc3ccc(OC(F)F)c(F)c3)cc12. The van der Waals surface area contributed by atoms with Gasteiger partial charge in [-0.25, -0.2) is 9.37 Å². The monoisotopic (exact) mass is 350 g/mol. The van der Waals surface area contributed by atoms with Crippen LogP contribution in [0.1, 0.15) is 16.1 Å². The second-order valence-electron chi connectivity index (χ2n) is 5.28. The van der Waals surface area contributed by atoms with E-state index in [4.69, 9.17) is 0 Å². The number of hydrogen-bond donors (Lipinski definition) is 1. The zero-order valence-corrected chi connectivity index (χ0v) is 13.3. The molecule has 0 spiro atoms. The summed E-state index contributed by atoms with van der Waals surface area (Å²) in [6.07, 6.45) is 1.38. The Kier molecular flexibility index (Phi) is 4.30. The summed E-state index contributed by atoms with van der Waals surface area (Å²) in [6.45, 7) is -1.33. The molecule has 0 aliphatic rings. The van der Waals surface area contributed by atoms with Gasteiger partial charge in [-0.3, -0.25) is 9.48 Å². The Bertz CT molecular complexity index is 956. The summed E-state index contributed by atoms with van der Waals surface area (Å²) in [7, 11) is 1.74. The first-order chi connectivity index (χ1) is 11.8. The molecule has 0 saturated carbocycles. The summed E-state index contributed by atoms with van der Waals surface area (Å²) in [6, 6.07) is 4.81. The average molecular weight is 350 g/mol. The number of nitrogens with zero attached hydrogens (tertiary/aromatic N) is 3. The van der Waals surface area contributed by atoms with Crippen molar-refractivity contribution in [2.75, 3.05) is 5.32 Å². The molecule has 3 rings (SSSR count). The minimum atomic E-state index is -3.13. The number of carbonyl (C=O) groups is 1. The van der Waals surface area contributed by atoms with Gasteiger partial charge < -0.3 is 10.1 Å². The molecule has 2 aromatic heterocycles. The van der Waals surface area contributed by atoms with Crippen molar-refractivity contribution in [3.05, 3.63) is 47.5 Å². The lowest BCUT2D eigenvalue weighted by molar-refractivity contribution is -0.0521. The number of benzene rings is 1. The number of aryl methyl sites for hydroxylation is 2. The van der Waals surface area contributed by atoms with Gasteiger partial charge in [0, 0.05) is 30.4 Å². The van der Waals surface area contributed by atoms with Crippen LogP contribution in [0.3, 0.4) is 0 Å². The first kappa shape index (κ1) is 16.7. The maximum Gasteiger partial charge on any atom is 0.387 e. The van der Waals surface area contributed by atoms with Crippen molar-refractivity contribution < 1.29 is 22.7 Å². The predicted octanol–water partition coefficient (Wildman–Crippen LogP) is 3.27. The van der Waals surface area contributed by atoms with Crippen molar-refractivity contribution in [1.29, 1.82) is 0 Å². The highest BCUT2D eigenvalue weighted by Gasteiger charge is 2.14. The van der Waals surface area contributed by atoms with Crippen LogP contribution in [-0.2, 0) is 7.05 Å². The van der Waals surface area contributed by atoms with Crippen LogP contribution in [0.15, 0.2) is 30.5 Å². The molecule has 1 aromatic carbocycles. The van der Waals surface area contributed by atoms with Crippen LogP contribution in [0.5, 0.6) is 5.75 Å². The molecular formula is C16H13F3N4O2. The Hall–Kier alpha value is -3.10. The molecule has 0 atom stereocenters. The minimum Gasteiger partial charge on any atom is -0.432 e. The van der Waals surface area contributed by atoms with Gasteiger partial charge in [-0.2, -0.15) is 13.9 Å². The number of ether oxygens (including phenoxy) is 1. The minimum absolute atomic E-state index is 0.104. The van der Waals surface area contributed by atoms with Gasteiger partial charge in [-0.05, 0) is 25.1 Å². The second kappa shape index (κ2) is 6.42. The van der Waals surface area contributed by atoms with Gasteiger partial charge in [0.1, 0.15) is 0 Å². The molecule has 6 nitrogen and oxygen atoms in total. The maximum absolute atomic E-state index is 13.7. The Morgan fingerprint density at radius 3 is 2.76 bits per heavy atom. The fourth-order valence-corrected chi connectivity index (χ4v) is 2.41. The first-order valence-electron chi connectivity index (χ1n) is 7.20. The third kappa shape index (κ3) is 3.39. The third-order valence-electron chi connectivity index (χ3n) is 3.53. The number of fused-ring (bicyclic) bond motifs is 1. The number of rotatable bonds is 4. The molecule has 9 heteroatoms. The van der Waals surface area contributed by atoms with Crippen molar-refractivity contribution in [2.24, 2.45) is 7.05 Å². The van der Waals surface area contributed by atoms with E-state index in [-0.39, 0.29) is 11.3 Å². The van der Waals surface area contributed by atoms with Crippen LogP contribution in [0.2, 0.25) is 0 Å². The number of alkyl halides is 2. The van der Waals surface area contributed by atoms with Crippen molar-refractivity contribution in [1.82, 2.24) is 14.8 Å². The largest absolute Gasteiger partial charge is 0.432 e. The number of nitrogens with one attached hydrogen (secondary N) is 1. The number of anilines is 1. The summed E-state index contributed by atoms with van der Waals surface area (Å²) in [4.78, 5) is 16.5. The van der Waals surface area contributed by atoms with E-state index in [1.54, 1.807) is 24.7 Å². The van der Waals surface area contributed by atoms with Crippen LogP contribution in [-0.4, -0.2) is 27.3 Å². The van der Waals surface area contributed by atoms with Crippen molar-refractivity contribution in [3.8, 4) is 5.75 Å². The van der Waals surface area contributed by atoms with Gasteiger partial charge in [0.05, 0.1) is 11.3 Å². The molecule has 1 N–H and O–H groups in total. The summed E-state index contributed by atoms with van der Waals surface area (Å²) in [5.41, 5.74) is 1.72. The fourth-order valence-electron chi connectivity index (χ4n) is 2.41. The lowest BCUT2D eigenvalue weighted by atomic mass is 10.2. The van der Waals surface area contributed by atoms with Crippen molar-refractivity contribution in [3.63, 3.8) is 0 Å². The summed E-state index contributed by atoms with van der Waals surface area (Å²) in [5.74, 6) is -2.11. The molecule has 0 bridgehead atoms. The van der Waals surface area contributed by atoms with E-state index in [2.05, 4.69) is 20.1 Å². The first-order valence-corrected chi connectivity index (χ1v) is 7.20. The highest BCUT2D eigenvalue weighted by molar-refractivity contribution is 6.05. The van der Waals surface area contributed by atoms with Crippen molar-refractivity contribution >= 4 is 22.6 Å². The highest BCUT2D eigenvalue weighted by atomic mass is 19.3. The number of aromatic nitrogens is 3. The highest BCUT2D eigenvalue weighted by Crippen LogP contribution is 2.23. The Balaban J connectivity index is 1.82. The number of carbonyl (C=O) groups excluding carboxylic acids is 1. The molecule has 0 saturated heterocycles. The van der Waals surface area contributed by atoms with Crippen LogP contribution in [0.25, 0.3) is 11.0 Å². The smallest absolute Gasteiger partial charge is 0.387 e. The van der Waals surface area contributed by atoms with Gasteiger partial charge in [-0.1, -0.05) is 0 Å². The fraction of sp³-hybridized carbons (Fsp3) is 0.188. The molecule has 0 radical (unpaired) electrons. The average Bonchev–Trinajstić information content (AvgIpc) is 2.84. The molecule has 0 unspecified atom stereocenters. The summed E-state index contributed by atoms with van der Waals surface area (Å²) < 4.78 is 43.6. The van der Waals surface area contributed by atoms with Crippen LogP contribution in [0, 0.1) is 12.7 Å². The van der Waals surface area contributed by atoms with Crippen molar-refractivity contribution in [2.45, 2.75) is 13.5 Å². The number of hydrogen-bond acceptors (Lipinski definition) is 4. The molecule has 2 heterocycles. The van der Waals surface area contributed by atoms with E-state index >= 15 is 0 Å². The Morgan fingerprint density at radius 1 is 1.32 bits per heavy atom. The number of amides is 1. The van der Waals surface area contributed by atoms with Gasteiger partial charge >= 0.3 is 6.61 Å². The molecule has 25 heavy (non-hydrogen) atoms. The molecule has 0 aliphatic carbocycles. The van der Waals surface area contributed by atoms with E-state index in [9.17, 15) is 18.0 Å². The summed E-state index contributed by atoms with van der Waals surface area (Å²) in [5, 5.41) is 7.42. The molecule has 3 aromatic rings. The quantitative estimate of drug-likeness (QED) is 0.784. The second-order valence-corrected chi connectivity index (χ2v) is 5.28. The zero-order chi connectivity index (χ0) is 18.1. The lowest BCUT2D eigenvalue weighted by Gasteiger charge is -2.09. The van der Waals surface area contributed by atoms with E-state index in [0.717, 1.165) is 23.2 Å². The predicted molar refractivity (Wildman–Crippen MR) is 84.2 cm³/mol. The number of halogens is 3. The number of pyridine rings is 1. The van der Waals surface area contributed by atoms with Gasteiger partial charge in [0.2, 0.25) is 0 Å². The van der Waals surface area contributed by atoms with Crippen LogP contribution < -0.4 is 10.1 Å². The van der Waals surface area contributed by atoms with Crippen LogP contribution >= 0.6 is 0 Å². The summed E-state index contributed by atoms with van der Waals surface area (Å²) >= 11 is 0. The lowest BCUT2D eigenvalue weighted by Crippen LogP contribution is -2.13. The van der Waals surface area contributed by atoms with E-state index < -0.39 is 24.1 Å². The van der Waals surface area contributed by atoms with E-state index in [0.29, 0.717) is 5.65 Å². The molecular weight excluding hydrogens is 337 g/mol. The van der Waals surface area contributed by atoms with E-state index in [1.165, 1.54) is 12.3 Å². The van der Waals surface area contributed by atoms with Gasteiger partial charge in [-0.15, -0.1) is 0 Å². The zero-order valence-electron chi connectivity index (χ0n) is 13.3. The normalized spacial score (nSPS) is 11.1.